The molecule has 4 N–H and O–H groups in total. The van der Waals surface area contributed by atoms with E-state index in [4.69, 9.17) is 5.73 Å². The number of benzene rings is 2. The minimum absolute atomic E-state index is 0.0850. The van der Waals surface area contributed by atoms with Crippen LogP contribution in [0, 0.1) is 17.7 Å². The van der Waals surface area contributed by atoms with Crippen molar-refractivity contribution in [3.8, 4) is 0 Å². The Bertz CT molecular complexity index is 1120. The molecule has 41 heavy (non-hydrogen) atoms. The molecule has 0 aliphatic carbocycles. The molecule has 3 amide bonds. The Labute approximate surface area is 245 Å². The lowest BCUT2D eigenvalue weighted by Gasteiger charge is -2.28. The molecule has 226 valence electrons. The summed E-state index contributed by atoms with van der Waals surface area (Å²) in [5, 5.41) is 6.00. The zero-order valence-corrected chi connectivity index (χ0v) is 25.4. The Balaban J connectivity index is 2.22. The fraction of sp³-hybridized carbons (Fsp3) is 0.545. The number of carbonyl (C=O) groups is 3. The Hall–Kier alpha value is -3.26. The van der Waals surface area contributed by atoms with Gasteiger partial charge in [0.05, 0.1) is 0 Å². The van der Waals surface area contributed by atoms with Crippen LogP contribution in [0.4, 0.5) is 4.39 Å². The van der Waals surface area contributed by atoms with E-state index in [-0.39, 0.29) is 30.0 Å². The standard InChI is InChI=1S/C33H49FN4O3/c1-6-17-38(18-7-2)33(41)27-15-12-14-26(20-27)32(40)37-30(21-25-13-10-11-16-28(25)34)29(35)19-23(5)31(39)36-22-24(8-3)9-4/h10-16,20,23-24,29-30H,6-9,17-19,21-22,35H2,1-5H3,(H,36,39)(H,37,40)/t23-,29+,30+/m1/s1. The summed E-state index contributed by atoms with van der Waals surface area (Å²) in [5.41, 5.74) is 7.79. The third-order valence-corrected chi connectivity index (χ3v) is 7.67. The maximum atomic E-state index is 14.6. The quantitative estimate of drug-likeness (QED) is 0.240. The first kappa shape index (κ1) is 33.9. The van der Waals surface area contributed by atoms with Crippen LogP contribution in [0.15, 0.2) is 48.5 Å². The van der Waals surface area contributed by atoms with Crippen LogP contribution in [0.2, 0.25) is 0 Å². The molecule has 0 saturated heterocycles. The van der Waals surface area contributed by atoms with Gasteiger partial charge in [-0.25, -0.2) is 4.39 Å². The van der Waals surface area contributed by atoms with E-state index in [9.17, 15) is 18.8 Å². The van der Waals surface area contributed by atoms with E-state index in [2.05, 4.69) is 24.5 Å². The van der Waals surface area contributed by atoms with Crippen LogP contribution in [0.25, 0.3) is 0 Å². The van der Waals surface area contributed by atoms with Crippen LogP contribution in [0.5, 0.6) is 0 Å². The summed E-state index contributed by atoms with van der Waals surface area (Å²) in [6.45, 7) is 12.0. The molecular weight excluding hydrogens is 519 g/mol. The van der Waals surface area contributed by atoms with Crippen LogP contribution in [0.1, 0.15) is 93.0 Å². The number of nitrogens with two attached hydrogens (primary N) is 1. The number of nitrogens with one attached hydrogen (secondary N) is 2. The number of rotatable bonds is 17. The number of nitrogens with zero attached hydrogens (tertiary/aromatic N) is 1. The highest BCUT2D eigenvalue weighted by atomic mass is 19.1. The fourth-order valence-corrected chi connectivity index (χ4v) is 4.97. The Morgan fingerprint density at radius 2 is 1.56 bits per heavy atom. The smallest absolute Gasteiger partial charge is 0.253 e. The molecular formula is C33H49FN4O3. The molecule has 0 fully saturated rings. The summed E-state index contributed by atoms with van der Waals surface area (Å²) < 4.78 is 14.6. The van der Waals surface area contributed by atoms with Crippen molar-refractivity contribution in [2.75, 3.05) is 19.6 Å². The summed E-state index contributed by atoms with van der Waals surface area (Å²) in [6.07, 6.45) is 4.15. The van der Waals surface area contributed by atoms with Crippen molar-refractivity contribution in [3.05, 3.63) is 71.0 Å². The number of halogens is 1. The second kappa shape index (κ2) is 17.5. The molecule has 2 aromatic rings. The average molecular weight is 569 g/mol. The number of hydrogen-bond acceptors (Lipinski definition) is 4. The van der Waals surface area contributed by atoms with Gasteiger partial charge in [-0.3, -0.25) is 14.4 Å². The van der Waals surface area contributed by atoms with Crippen LogP contribution in [0.3, 0.4) is 0 Å². The first-order valence-corrected chi connectivity index (χ1v) is 15.1. The second-order valence-electron chi connectivity index (χ2n) is 11.0. The average Bonchev–Trinajstić information content (AvgIpc) is 2.97. The van der Waals surface area contributed by atoms with Crippen LogP contribution < -0.4 is 16.4 Å². The van der Waals surface area contributed by atoms with Crippen molar-refractivity contribution in [1.29, 1.82) is 0 Å². The van der Waals surface area contributed by atoms with E-state index in [0.717, 1.165) is 25.7 Å². The van der Waals surface area contributed by atoms with E-state index >= 15 is 0 Å². The minimum Gasteiger partial charge on any atom is -0.356 e. The molecule has 0 bridgehead atoms. The molecule has 7 nitrogen and oxygen atoms in total. The van der Waals surface area contributed by atoms with Crippen LogP contribution in [-0.2, 0) is 11.2 Å². The SMILES string of the molecule is CCCN(CCC)C(=O)c1cccc(C(=O)N[C@@H](Cc2ccccc2F)[C@@H](N)C[C@@H](C)C(=O)NCC(CC)CC)c1. The van der Waals surface area contributed by atoms with Gasteiger partial charge in [0.2, 0.25) is 5.91 Å². The van der Waals surface area contributed by atoms with Crippen LogP contribution >= 0.6 is 0 Å². The molecule has 0 unspecified atom stereocenters. The van der Waals surface area contributed by atoms with Gasteiger partial charge in [-0.2, -0.15) is 0 Å². The maximum absolute atomic E-state index is 14.6. The zero-order chi connectivity index (χ0) is 30.4. The molecule has 0 saturated carbocycles. The highest BCUT2D eigenvalue weighted by Crippen LogP contribution is 2.17. The Kier molecular flexibility index (Phi) is 14.5. The number of amides is 3. The van der Waals surface area contributed by atoms with Gasteiger partial charge in [-0.15, -0.1) is 0 Å². The second-order valence-corrected chi connectivity index (χ2v) is 11.0. The predicted octanol–water partition coefficient (Wildman–Crippen LogP) is 5.33. The van der Waals surface area contributed by atoms with Crippen molar-refractivity contribution in [2.24, 2.45) is 17.6 Å². The van der Waals surface area contributed by atoms with Gasteiger partial charge in [0.1, 0.15) is 5.82 Å². The third kappa shape index (κ3) is 10.6. The largest absolute Gasteiger partial charge is 0.356 e. The molecule has 0 aliphatic heterocycles. The van der Waals surface area contributed by atoms with Gasteiger partial charge >= 0.3 is 0 Å². The first-order chi connectivity index (χ1) is 19.6. The molecule has 0 aliphatic rings. The molecule has 0 aromatic heterocycles. The van der Waals surface area contributed by atoms with E-state index in [1.165, 1.54) is 6.07 Å². The van der Waals surface area contributed by atoms with Gasteiger partial charge in [0, 0.05) is 48.8 Å². The summed E-state index contributed by atoms with van der Waals surface area (Å²) in [5.74, 6) is -0.946. The molecule has 0 spiro atoms. The van der Waals surface area contributed by atoms with Gasteiger partial charge in [-0.05, 0) is 61.4 Å². The fourth-order valence-electron chi connectivity index (χ4n) is 4.97. The lowest BCUT2D eigenvalue weighted by atomic mass is 9.91. The highest BCUT2D eigenvalue weighted by molar-refractivity contribution is 5.99. The van der Waals surface area contributed by atoms with Crippen molar-refractivity contribution in [3.63, 3.8) is 0 Å². The molecule has 2 aromatic carbocycles. The lowest BCUT2D eigenvalue weighted by molar-refractivity contribution is -0.125. The predicted molar refractivity (Wildman–Crippen MR) is 163 cm³/mol. The Morgan fingerprint density at radius 1 is 0.927 bits per heavy atom. The topological polar surface area (TPSA) is 105 Å². The maximum Gasteiger partial charge on any atom is 0.253 e. The van der Waals surface area contributed by atoms with Crippen molar-refractivity contribution >= 4 is 17.7 Å². The van der Waals surface area contributed by atoms with Crippen LogP contribution in [-0.4, -0.2) is 54.3 Å². The normalized spacial score (nSPS) is 13.4. The monoisotopic (exact) mass is 568 g/mol. The van der Waals surface area contributed by atoms with Gasteiger partial charge in [0.15, 0.2) is 0 Å². The number of hydrogen-bond donors (Lipinski definition) is 3. The summed E-state index contributed by atoms with van der Waals surface area (Å²) in [6, 6.07) is 11.8. The minimum atomic E-state index is -0.635. The van der Waals surface area contributed by atoms with Crippen molar-refractivity contribution in [1.82, 2.24) is 15.5 Å². The highest BCUT2D eigenvalue weighted by Gasteiger charge is 2.27. The van der Waals surface area contributed by atoms with E-state index in [1.807, 2.05) is 20.8 Å². The van der Waals surface area contributed by atoms with Gasteiger partial charge in [0.25, 0.3) is 11.8 Å². The van der Waals surface area contributed by atoms with E-state index < -0.39 is 18.0 Å². The Morgan fingerprint density at radius 3 is 2.17 bits per heavy atom. The zero-order valence-electron chi connectivity index (χ0n) is 25.4. The lowest BCUT2D eigenvalue weighted by Crippen LogP contribution is -2.50. The van der Waals surface area contributed by atoms with Crippen molar-refractivity contribution in [2.45, 2.75) is 85.2 Å². The molecule has 3 atom stereocenters. The first-order valence-electron chi connectivity index (χ1n) is 15.1. The van der Waals surface area contributed by atoms with E-state index in [0.29, 0.717) is 48.7 Å². The van der Waals surface area contributed by atoms with Gasteiger partial charge in [-0.1, -0.05) is 71.7 Å². The summed E-state index contributed by atoms with van der Waals surface area (Å²) >= 11 is 0. The van der Waals surface area contributed by atoms with Crippen molar-refractivity contribution < 1.29 is 18.8 Å². The molecule has 2 rings (SSSR count). The summed E-state index contributed by atoms with van der Waals surface area (Å²) in [7, 11) is 0. The van der Waals surface area contributed by atoms with Gasteiger partial charge < -0.3 is 21.3 Å². The third-order valence-electron chi connectivity index (χ3n) is 7.67. The molecule has 8 heteroatoms. The summed E-state index contributed by atoms with van der Waals surface area (Å²) in [4.78, 5) is 41.1. The molecule has 0 heterocycles. The van der Waals surface area contributed by atoms with E-state index in [1.54, 1.807) is 47.4 Å². The molecule has 0 radical (unpaired) electrons. The number of carbonyl (C=O) groups excluding carboxylic acids is 3.